The summed E-state index contributed by atoms with van der Waals surface area (Å²) in [6.07, 6.45) is 0. The number of nitrogens with zero attached hydrogens (tertiary/aromatic N) is 2. The van der Waals surface area contributed by atoms with Crippen LogP contribution in [0.2, 0.25) is 10.0 Å². The highest BCUT2D eigenvalue weighted by atomic mass is 35.5. The summed E-state index contributed by atoms with van der Waals surface area (Å²) in [6.45, 7) is 5.95. The molecule has 2 aromatic rings. The molecule has 1 aromatic carbocycles. The molecule has 1 aromatic heterocycles. The predicted molar refractivity (Wildman–Crippen MR) is 85.1 cm³/mol. The number of hydrogen-bond donors (Lipinski definition) is 1. The average molecular weight is 326 g/mol. The third kappa shape index (κ3) is 5.16. The van der Waals surface area contributed by atoms with E-state index in [0.717, 1.165) is 12.2 Å². The predicted octanol–water partition coefficient (Wildman–Crippen LogP) is 4.32. The van der Waals surface area contributed by atoms with Crippen LogP contribution in [0.3, 0.4) is 0 Å². The Morgan fingerprint density at radius 1 is 1.14 bits per heavy atom. The molecule has 0 saturated carbocycles. The number of rotatable bonds is 6. The van der Waals surface area contributed by atoms with Crippen LogP contribution < -0.4 is 10.1 Å². The smallest absolute Gasteiger partial charge is 0.238 e. The van der Waals surface area contributed by atoms with Gasteiger partial charge in [-0.2, -0.15) is 5.10 Å². The number of halogens is 2. The van der Waals surface area contributed by atoms with Crippen LogP contribution in [0.1, 0.15) is 19.5 Å². The maximum absolute atomic E-state index is 6.04. The topological polar surface area (TPSA) is 47.0 Å². The maximum atomic E-state index is 6.04. The second-order valence-electron chi connectivity index (χ2n) is 5.06. The molecule has 1 heterocycles. The molecule has 0 radical (unpaired) electrons. The largest absolute Gasteiger partial charge is 0.436 e. The Hall–Kier alpha value is -1.36. The van der Waals surface area contributed by atoms with Crippen LogP contribution in [0.25, 0.3) is 0 Å². The van der Waals surface area contributed by atoms with Crippen LogP contribution in [0.5, 0.6) is 11.6 Å². The van der Waals surface area contributed by atoms with Crippen LogP contribution in [-0.4, -0.2) is 16.7 Å². The van der Waals surface area contributed by atoms with Gasteiger partial charge in [0.2, 0.25) is 5.88 Å². The van der Waals surface area contributed by atoms with E-state index in [1.165, 1.54) is 0 Å². The molecule has 0 aliphatic rings. The van der Waals surface area contributed by atoms with Crippen LogP contribution in [0.15, 0.2) is 30.3 Å². The van der Waals surface area contributed by atoms with Crippen molar-refractivity contribution in [2.75, 3.05) is 6.54 Å². The lowest BCUT2D eigenvalue weighted by atomic mass is 10.2. The van der Waals surface area contributed by atoms with E-state index in [1.807, 2.05) is 6.07 Å². The molecule has 1 N–H and O–H groups in total. The first-order chi connectivity index (χ1) is 10.0. The van der Waals surface area contributed by atoms with Gasteiger partial charge in [-0.15, -0.1) is 5.10 Å². The lowest BCUT2D eigenvalue weighted by Crippen LogP contribution is -2.19. The highest BCUT2D eigenvalue weighted by molar-refractivity contribution is 6.35. The SMILES string of the molecule is CC(C)CNCc1ccc(Oc2ccc(Cl)cc2Cl)nn1. The Morgan fingerprint density at radius 3 is 2.57 bits per heavy atom. The minimum Gasteiger partial charge on any atom is -0.436 e. The van der Waals surface area contributed by atoms with Gasteiger partial charge in [0.05, 0.1) is 10.7 Å². The fourth-order valence-electron chi connectivity index (χ4n) is 1.66. The van der Waals surface area contributed by atoms with E-state index >= 15 is 0 Å². The van der Waals surface area contributed by atoms with Gasteiger partial charge >= 0.3 is 0 Å². The molecule has 0 aliphatic heterocycles. The van der Waals surface area contributed by atoms with Gasteiger partial charge in [0.25, 0.3) is 0 Å². The van der Waals surface area contributed by atoms with Gasteiger partial charge in [-0.05, 0) is 36.7 Å². The summed E-state index contributed by atoms with van der Waals surface area (Å²) in [6, 6.07) is 8.67. The summed E-state index contributed by atoms with van der Waals surface area (Å²) in [7, 11) is 0. The molecule has 0 saturated heterocycles. The van der Waals surface area contributed by atoms with Gasteiger partial charge in [0.15, 0.2) is 0 Å². The van der Waals surface area contributed by atoms with Crippen molar-refractivity contribution in [3.05, 3.63) is 46.1 Å². The second kappa shape index (κ2) is 7.59. The molecule has 0 aliphatic carbocycles. The van der Waals surface area contributed by atoms with Gasteiger partial charge in [-0.1, -0.05) is 37.0 Å². The average Bonchev–Trinajstić information content (AvgIpc) is 2.43. The highest BCUT2D eigenvalue weighted by Gasteiger charge is 2.06. The van der Waals surface area contributed by atoms with E-state index < -0.39 is 0 Å². The number of nitrogens with one attached hydrogen (secondary N) is 1. The van der Waals surface area contributed by atoms with E-state index in [2.05, 4.69) is 29.4 Å². The fraction of sp³-hybridized carbons (Fsp3) is 0.333. The molecule has 0 spiro atoms. The molecule has 2 rings (SSSR count). The van der Waals surface area contributed by atoms with Crippen molar-refractivity contribution in [3.8, 4) is 11.6 Å². The number of ether oxygens (including phenoxy) is 1. The molecule has 0 unspecified atom stereocenters. The van der Waals surface area contributed by atoms with Gasteiger partial charge < -0.3 is 10.1 Å². The minimum atomic E-state index is 0.395. The Kier molecular flexibility index (Phi) is 5.79. The summed E-state index contributed by atoms with van der Waals surface area (Å²) in [5.41, 5.74) is 0.866. The zero-order chi connectivity index (χ0) is 15.2. The standard InChI is InChI=1S/C15H17Cl2N3O/c1-10(2)8-18-9-12-4-6-15(20-19-12)21-14-5-3-11(16)7-13(14)17/h3-7,10,18H,8-9H2,1-2H3. The second-order valence-corrected chi connectivity index (χ2v) is 5.91. The first-order valence-electron chi connectivity index (χ1n) is 6.71. The lowest BCUT2D eigenvalue weighted by Gasteiger charge is -2.08. The van der Waals surface area contributed by atoms with Crippen molar-refractivity contribution >= 4 is 23.2 Å². The molecule has 112 valence electrons. The summed E-state index contributed by atoms with van der Waals surface area (Å²) >= 11 is 11.9. The highest BCUT2D eigenvalue weighted by Crippen LogP contribution is 2.30. The van der Waals surface area contributed by atoms with Crippen molar-refractivity contribution in [3.63, 3.8) is 0 Å². The molecule has 0 fully saturated rings. The Morgan fingerprint density at radius 2 is 1.95 bits per heavy atom. The van der Waals surface area contributed by atoms with Crippen molar-refractivity contribution < 1.29 is 4.74 Å². The van der Waals surface area contributed by atoms with E-state index in [4.69, 9.17) is 27.9 Å². The first-order valence-corrected chi connectivity index (χ1v) is 7.46. The van der Waals surface area contributed by atoms with Crippen molar-refractivity contribution in [1.82, 2.24) is 15.5 Å². The molecule has 6 heteroatoms. The number of benzene rings is 1. The molecule has 0 atom stereocenters. The van der Waals surface area contributed by atoms with Crippen molar-refractivity contribution in [1.29, 1.82) is 0 Å². The van der Waals surface area contributed by atoms with Crippen LogP contribution >= 0.6 is 23.2 Å². The maximum Gasteiger partial charge on any atom is 0.238 e. The van der Waals surface area contributed by atoms with Gasteiger partial charge in [0, 0.05) is 17.6 Å². The van der Waals surface area contributed by atoms with Gasteiger partial charge in [0.1, 0.15) is 5.75 Å². The van der Waals surface area contributed by atoms with Gasteiger partial charge in [-0.3, -0.25) is 0 Å². The van der Waals surface area contributed by atoms with Crippen molar-refractivity contribution in [2.24, 2.45) is 5.92 Å². The minimum absolute atomic E-state index is 0.395. The monoisotopic (exact) mass is 325 g/mol. The third-order valence-electron chi connectivity index (χ3n) is 2.66. The number of aromatic nitrogens is 2. The van der Waals surface area contributed by atoms with E-state index in [-0.39, 0.29) is 0 Å². The first kappa shape index (κ1) is 16.0. The summed E-state index contributed by atoms with van der Waals surface area (Å²) < 4.78 is 5.58. The normalized spacial score (nSPS) is 10.9. The zero-order valence-electron chi connectivity index (χ0n) is 11.9. The van der Waals surface area contributed by atoms with Crippen LogP contribution in [0.4, 0.5) is 0 Å². The van der Waals surface area contributed by atoms with E-state index in [0.29, 0.717) is 34.1 Å². The quantitative estimate of drug-likeness (QED) is 0.859. The molecule has 21 heavy (non-hydrogen) atoms. The molecule has 0 bridgehead atoms. The molecular formula is C15H17Cl2N3O. The summed E-state index contributed by atoms with van der Waals surface area (Å²) in [5, 5.41) is 12.4. The Labute approximate surface area is 134 Å². The Balaban J connectivity index is 1.95. The fourth-order valence-corrected chi connectivity index (χ4v) is 2.10. The van der Waals surface area contributed by atoms with E-state index in [9.17, 15) is 0 Å². The van der Waals surface area contributed by atoms with E-state index in [1.54, 1.807) is 24.3 Å². The molecular weight excluding hydrogens is 309 g/mol. The Bertz CT molecular complexity index is 588. The van der Waals surface area contributed by atoms with Gasteiger partial charge in [-0.25, -0.2) is 0 Å². The summed E-state index contributed by atoms with van der Waals surface area (Å²) in [4.78, 5) is 0. The molecule has 0 amide bonds. The summed E-state index contributed by atoms with van der Waals surface area (Å²) in [5.74, 6) is 1.50. The lowest BCUT2D eigenvalue weighted by molar-refractivity contribution is 0.452. The van der Waals surface area contributed by atoms with Crippen LogP contribution in [-0.2, 0) is 6.54 Å². The third-order valence-corrected chi connectivity index (χ3v) is 3.19. The van der Waals surface area contributed by atoms with Crippen LogP contribution in [0, 0.1) is 5.92 Å². The zero-order valence-corrected chi connectivity index (χ0v) is 13.4. The van der Waals surface area contributed by atoms with Crippen molar-refractivity contribution in [2.45, 2.75) is 20.4 Å². The number of hydrogen-bond acceptors (Lipinski definition) is 4. The molecule has 4 nitrogen and oxygen atoms in total.